The van der Waals surface area contributed by atoms with Crippen molar-refractivity contribution < 1.29 is 9.53 Å². The van der Waals surface area contributed by atoms with E-state index in [-0.39, 0.29) is 17.3 Å². The first-order valence-electron chi connectivity index (χ1n) is 11.0. The highest BCUT2D eigenvalue weighted by atomic mass is 16.5. The molecule has 4 rings (SSSR count). The van der Waals surface area contributed by atoms with Crippen LogP contribution in [0.2, 0.25) is 0 Å². The van der Waals surface area contributed by atoms with Gasteiger partial charge >= 0.3 is 5.97 Å². The van der Waals surface area contributed by atoms with Gasteiger partial charge in [-0.1, -0.05) is 63.6 Å². The Morgan fingerprint density at radius 3 is 2.33 bits per heavy atom. The van der Waals surface area contributed by atoms with Crippen molar-refractivity contribution in [2.75, 3.05) is 6.61 Å². The Morgan fingerprint density at radius 1 is 0.967 bits per heavy atom. The highest BCUT2D eigenvalue weighted by Crippen LogP contribution is 2.54. The molecule has 30 heavy (non-hydrogen) atoms. The van der Waals surface area contributed by atoms with Crippen molar-refractivity contribution in [3.63, 3.8) is 0 Å². The molecule has 4 heteroatoms. The van der Waals surface area contributed by atoms with E-state index < -0.39 is 0 Å². The summed E-state index contributed by atoms with van der Waals surface area (Å²) in [6.07, 6.45) is 2.69. The molecule has 0 spiro atoms. The zero-order valence-corrected chi connectivity index (χ0v) is 18.3. The van der Waals surface area contributed by atoms with Crippen LogP contribution in [0.5, 0.6) is 0 Å². The third-order valence-electron chi connectivity index (χ3n) is 6.46. The van der Waals surface area contributed by atoms with Gasteiger partial charge in [-0.3, -0.25) is 4.79 Å². The van der Waals surface area contributed by atoms with Gasteiger partial charge in [0.05, 0.1) is 34.9 Å². The third kappa shape index (κ3) is 3.38. The minimum atomic E-state index is -0.343. The minimum absolute atomic E-state index is 0.138. The highest BCUT2D eigenvalue weighted by Gasteiger charge is 2.47. The SMILES string of the molecule is CCOC(=O)C(C)CC1(CC(C)CC)c2ccccc2-c2nc3ccccc3nc21. The Balaban J connectivity index is 1.94. The molecular weight excluding hydrogens is 372 g/mol. The molecule has 0 saturated heterocycles. The summed E-state index contributed by atoms with van der Waals surface area (Å²) >= 11 is 0. The van der Waals surface area contributed by atoms with Crippen molar-refractivity contribution in [1.29, 1.82) is 0 Å². The van der Waals surface area contributed by atoms with E-state index in [1.807, 2.05) is 38.1 Å². The fourth-order valence-corrected chi connectivity index (χ4v) is 4.88. The number of fused-ring (bicyclic) bond motifs is 4. The van der Waals surface area contributed by atoms with Crippen LogP contribution in [0.15, 0.2) is 48.5 Å². The fourth-order valence-electron chi connectivity index (χ4n) is 4.88. The normalized spacial score (nSPS) is 19.2. The molecule has 0 fully saturated rings. The van der Waals surface area contributed by atoms with Gasteiger partial charge < -0.3 is 4.74 Å². The molecule has 1 aliphatic rings. The predicted octanol–water partition coefficient (Wildman–Crippen LogP) is 5.92. The van der Waals surface area contributed by atoms with Gasteiger partial charge in [-0.2, -0.15) is 0 Å². The summed E-state index contributed by atoms with van der Waals surface area (Å²) in [4.78, 5) is 22.8. The number of aromatic nitrogens is 2. The number of ether oxygens (including phenoxy) is 1. The maximum Gasteiger partial charge on any atom is 0.308 e. The molecule has 0 radical (unpaired) electrons. The molecule has 3 unspecified atom stereocenters. The molecule has 1 aliphatic carbocycles. The summed E-state index contributed by atoms with van der Waals surface area (Å²) < 4.78 is 5.36. The summed E-state index contributed by atoms with van der Waals surface area (Å²) in [5.41, 5.74) is 5.83. The second-order valence-electron chi connectivity index (χ2n) is 8.61. The zero-order chi connectivity index (χ0) is 21.3. The number of para-hydroxylation sites is 2. The van der Waals surface area contributed by atoms with Crippen LogP contribution in [0.1, 0.15) is 58.2 Å². The summed E-state index contributed by atoms with van der Waals surface area (Å²) in [6, 6.07) is 16.5. The van der Waals surface area contributed by atoms with Crippen molar-refractivity contribution in [2.45, 2.75) is 52.4 Å². The largest absolute Gasteiger partial charge is 0.466 e. The smallest absolute Gasteiger partial charge is 0.308 e. The summed E-state index contributed by atoms with van der Waals surface area (Å²) in [5.74, 6) is 0.133. The van der Waals surface area contributed by atoms with Crippen molar-refractivity contribution in [2.24, 2.45) is 11.8 Å². The lowest BCUT2D eigenvalue weighted by Crippen LogP contribution is -2.33. The van der Waals surface area contributed by atoms with E-state index in [1.54, 1.807) is 0 Å². The van der Waals surface area contributed by atoms with Gasteiger partial charge in [-0.15, -0.1) is 0 Å². The van der Waals surface area contributed by atoms with Crippen LogP contribution >= 0.6 is 0 Å². The summed E-state index contributed by atoms with van der Waals surface area (Å²) in [5, 5.41) is 0. The number of benzene rings is 2. The summed E-state index contributed by atoms with van der Waals surface area (Å²) in [6.45, 7) is 8.74. The number of carbonyl (C=O) groups is 1. The predicted molar refractivity (Wildman–Crippen MR) is 120 cm³/mol. The molecule has 0 saturated carbocycles. The first-order chi connectivity index (χ1) is 14.5. The van der Waals surface area contributed by atoms with Crippen molar-refractivity contribution >= 4 is 17.0 Å². The average Bonchev–Trinajstić information content (AvgIpc) is 3.01. The lowest BCUT2D eigenvalue weighted by Gasteiger charge is -2.35. The first-order valence-corrected chi connectivity index (χ1v) is 11.0. The number of esters is 1. The molecule has 3 atom stereocenters. The van der Waals surface area contributed by atoms with Gasteiger partial charge in [-0.05, 0) is 43.4 Å². The van der Waals surface area contributed by atoms with Gasteiger partial charge in [0.25, 0.3) is 0 Å². The standard InChI is InChI=1S/C26H30N2O2/c1-5-17(3)15-26(16-18(4)25(29)30-6-2)20-12-8-7-11-19(20)23-24(26)28-22-14-10-9-13-21(22)27-23/h7-14,17-18H,5-6,15-16H2,1-4H3. The Morgan fingerprint density at radius 2 is 1.63 bits per heavy atom. The third-order valence-corrected chi connectivity index (χ3v) is 6.46. The molecule has 1 heterocycles. The Hall–Kier alpha value is -2.75. The van der Waals surface area contributed by atoms with Crippen LogP contribution in [-0.2, 0) is 14.9 Å². The molecule has 2 aromatic carbocycles. The second-order valence-corrected chi connectivity index (χ2v) is 8.61. The van der Waals surface area contributed by atoms with Crippen molar-refractivity contribution in [3.8, 4) is 11.3 Å². The van der Waals surface area contributed by atoms with Crippen LogP contribution in [0.3, 0.4) is 0 Å². The maximum absolute atomic E-state index is 12.6. The number of rotatable bonds is 7. The van der Waals surface area contributed by atoms with Gasteiger partial charge in [-0.25, -0.2) is 9.97 Å². The van der Waals surface area contributed by atoms with E-state index in [1.165, 1.54) is 5.56 Å². The van der Waals surface area contributed by atoms with Gasteiger partial charge in [0.2, 0.25) is 0 Å². The fraction of sp³-hybridized carbons (Fsp3) is 0.423. The molecule has 0 bridgehead atoms. The van der Waals surface area contributed by atoms with Crippen LogP contribution in [-0.4, -0.2) is 22.5 Å². The number of hydrogen-bond acceptors (Lipinski definition) is 4. The first kappa shape index (κ1) is 20.5. The molecule has 1 aromatic heterocycles. The van der Waals surface area contributed by atoms with Crippen molar-refractivity contribution in [1.82, 2.24) is 9.97 Å². The van der Waals surface area contributed by atoms with E-state index in [2.05, 4.69) is 38.1 Å². The van der Waals surface area contributed by atoms with E-state index >= 15 is 0 Å². The van der Waals surface area contributed by atoms with Crippen LogP contribution in [0, 0.1) is 11.8 Å². The molecule has 3 aromatic rings. The van der Waals surface area contributed by atoms with Gasteiger partial charge in [0, 0.05) is 11.0 Å². The average molecular weight is 403 g/mol. The van der Waals surface area contributed by atoms with Crippen LogP contribution in [0.4, 0.5) is 0 Å². The Kier molecular flexibility index (Phi) is 5.59. The monoisotopic (exact) mass is 402 g/mol. The molecular formula is C26H30N2O2. The molecule has 4 nitrogen and oxygen atoms in total. The quantitative estimate of drug-likeness (QED) is 0.460. The molecule has 156 valence electrons. The van der Waals surface area contributed by atoms with Crippen LogP contribution in [0.25, 0.3) is 22.3 Å². The van der Waals surface area contributed by atoms with Gasteiger partial charge in [0.1, 0.15) is 0 Å². The maximum atomic E-state index is 12.6. The number of carbonyl (C=O) groups excluding carboxylic acids is 1. The van der Waals surface area contributed by atoms with Crippen molar-refractivity contribution in [3.05, 3.63) is 59.8 Å². The minimum Gasteiger partial charge on any atom is -0.466 e. The van der Waals surface area contributed by atoms with E-state index in [0.29, 0.717) is 18.9 Å². The van der Waals surface area contributed by atoms with Gasteiger partial charge in [0.15, 0.2) is 0 Å². The molecule has 0 N–H and O–H groups in total. The lowest BCUT2D eigenvalue weighted by atomic mass is 9.68. The second kappa shape index (κ2) is 8.17. The highest BCUT2D eigenvalue weighted by molar-refractivity contribution is 5.84. The molecule has 0 aliphatic heterocycles. The topological polar surface area (TPSA) is 52.1 Å². The zero-order valence-electron chi connectivity index (χ0n) is 18.3. The Bertz CT molecular complexity index is 1080. The number of hydrogen-bond donors (Lipinski definition) is 0. The molecule has 0 amide bonds. The van der Waals surface area contributed by atoms with Crippen LogP contribution < -0.4 is 0 Å². The lowest BCUT2D eigenvalue weighted by molar-refractivity contribution is -0.148. The number of nitrogens with zero attached hydrogens (tertiary/aromatic N) is 2. The van der Waals surface area contributed by atoms with E-state index in [9.17, 15) is 4.79 Å². The summed E-state index contributed by atoms with van der Waals surface area (Å²) in [7, 11) is 0. The van der Waals surface area contributed by atoms with E-state index in [0.717, 1.165) is 40.8 Å². The van der Waals surface area contributed by atoms with E-state index in [4.69, 9.17) is 14.7 Å². The Labute approximate surface area is 178 Å².